The van der Waals surface area contributed by atoms with Crippen LogP contribution in [-0.2, 0) is 15.2 Å². The number of hydrogen-bond acceptors (Lipinski definition) is 5. The first-order chi connectivity index (χ1) is 8.11. The summed E-state index contributed by atoms with van der Waals surface area (Å²) in [5.41, 5.74) is 1.01. The zero-order chi connectivity index (χ0) is 12.3. The second-order valence-corrected chi connectivity index (χ2v) is 6.88. The van der Waals surface area contributed by atoms with Gasteiger partial charge in [0.15, 0.2) is 9.84 Å². The van der Waals surface area contributed by atoms with Crippen LogP contribution in [0.5, 0.6) is 0 Å². The van der Waals surface area contributed by atoms with Crippen molar-refractivity contribution in [2.24, 2.45) is 0 Å². The van der Waals surface area contributed by atoms with Crippen LogP contribution in [0.2, 0.25) is 0 Å². The first kappa shape index (κ1) is 12.8. The first-order valence-electron chi connectivity index (χ1n) is 5.43. The fourth-order valence-electron chi connectivity index (χ4n) is 1.72. The first-order valence-corrected chi connectivity index (χ1v) is 8.37. The molecule has 1 saturated heterocycles. The molecule has 0 spiro atoms. The molecule has 0 unspecified atom stereocenters. The normalized spacial score (nSPS) is 19.9. The number of anilines is 1. The monoisotopic (exact) mass is 319 g/mol. The number of hydrogen-bond donors (Lipinski definition) is 0. The predicted molar refractivity (Wildman–Crippen MR) is 70.1 cm³/mol. The quantitative estimate of drug-likeness (QED) is 0.761. The van der Waals surface area contributed by atoms with Gasteiger partial charge < -0.3 is 4.90 Å². The number of alkyl halides is 1. The van der Waals surface area contributed by atoms with Crippen LogP contribution in [0.4, 0.5) is 5.95 Å². The Balaban J connectivity index is 2.11. The molecule has 1 fully saturated rings. The van der Waals surface area contributed by atoms with Crippen molar-refractivity contribution in [2.75, 3.05) is 29.5 Å². The van der Waals surface area contributed by atoms with Gasteiger partial charge in [-0.2, -0.15) is 0 Å². The molecule has 0 radical (unpaired) electrons. The Morgan fingerprint density at radius 1 is 1.24 bits per heavy atom. The van der Waals surface area contributed by atoms with Crippen molar-refractivity contribution in [3.05, 3.63) is 18.0 Å². The molecule has 5 nitrogen and oxygen atoms in total. The molecule has 7 heteroatoms. The van der Waals surface area contributed by atoms with Gasteiger partial charge in [-0.05, 0) is 12.0 Å². The van der Waals surface area contributed by atoms with Gasteiger partial charge in [-0.3, -0.25) is 0 Å². The van der Waals surface area contributed by atoms with E-state index in [4.69, 9.17) is 0 Å². The maximum absolute atomic E-state index is 11.5. The molecule has 2 rings (SSSR count). The van der Waals surface area contributed by atoms with Gasteiger partial charge in [0.2, 0.25) is 5.95 Å². The molecule has 1 aromatic rings. The van der Waals surface area contributed by atoms with E-state index in [9.17, 15) is 8.42 Å². The van der Waals surface area contributed by atoms with Crippen molar-refractivity contribution >= 4 is 31.7 Å². The van der Waals surface area contributed by atoms with E-state index in [1.165, 1.54) is 0 Å². The van der Waals surface area contributed by atoms with Gasteiger partial charge in [-0.15, -0.1) is 0 Å². The van der Waals surface area contributed by atoms with Crippen molar-refractivity contribution in [1.82, 2.24) is 9.97 Å². The summed E-state index contributed by atoms with van der Waals surface area (Å²) < 4.78 is 22.9. The Kier molecular flexibility index (Phi) is 3.98. The number of halogens is 1. The van der Waals surface area contributed by atoms with Crippen molar-refractivity contribution in [3.8, 4) is 0 Å². The molecule has 0 bridgehead atoms. The SMILES string of the molecule is O=S1(=O)CCCN(c2ncc(CBr)cn2)CC1. The Morgan fingerprint density at radius 2 is 1.94 bits per heavy atom. The van der Waals surface area contributed by atoms with E-state index in [1.807, 2.05) is 4.90 Å². The highest BCUT2D eigenvalue weighted by molar-refractivity contribution is 9.08. The second kappa shape index (κ2) is 5.30. The van der Waals surface area contributed by atoms with E-state index in [0.717, 1.165) is 10.9 Å². The molecule has 2 heterocycles. The molecule has 0 N–H and O–H groups in total. The third-order valence-corrected chi connectivity index (χ3v) is 5.05. The van der Waals surface area contributed by atoms with E-state index < -0.39 is 9.84 Å². The van der Waals surface area contributed by atoms with Gasteiger partial charge in [0.05, 0.1) is 11.5 Å². The van der Waals surface area contributed by atoms with Crippen molar-refractivity contribution in [3.63, 3.8) is 0 Å². The smallest absolute Gasteiger partial charge is 0.225 e. The highest BCUT2D eigenvalue weighted by Gasteiger charge is 2.20. The van der Waals surface area contributed by atoms with Crippen LogP contribution in [0, 0.1) is 0 Å². The Hall–Kier alpha value is -0.690. The van der Waals surface area contributed by atoms with Crippen molar-refractivity contribution in [1.29, 1.82) is 0 Å². The highest BCUT2D eigenvalue weighted by atomic mass is 79.9. The summed E-state index contributed by atoms with van der Waals surface area (Å²) >= 11 is 3.33. The van der Waals surface area contributed by atoms with Crippen LogP contribution in [0.25, 0.3) is 0 Å². The van der Waals surface area contributed by atoms with Gasteiger partial charge in [0.25, 0.3) is 0 Å². The van der Waals surface area contributed by atoms with E-state index in [-0.39, 0.29) is 11.5 Å². The number of nitrogens with zero attached hydrogens (tertiary/aromatic N) is 3. The summed E-state index contributed by atoms with van der Waals surface area (Å²) in [5.74, 6) is 1.08. The fourth-order valence-corrected chi connectivity index (χ4v) is 3.28. The van der Waals surface area contributed by atoms with Crippen molar-refractivity contribution < 1.29 is 8.42 Å². The standard InChI is InChI=1S/C10H14BrN3O2S/c11-6-9-7-12-10(13-8-9)14-2-1-4-17(15,16)5-3-14/h7-8H,1-6H2. The second-order valence-electron chi connectivity index (χ2n) is 4.02. The van der Waals surface area contributed by atoms with Gasteiger partial charge in [-0.25, -0.2) is 18.4 Å². The summed E-state index contributed by atoms with van der Waals surface area (Å²) in [4.78, 5) is 10.4. The van der Waals surface area contributed by atoms with Gasteiger partial charge >= 0.3 is 0 Å². The molecule has 0 aliphatic carbocycles. The summed E-state index contributed by atoms with van der Waals surface area (Å²) in [7, 11) is -2.88. The average molecular weight is 320 g/mol. The lowest BCUT2D eigenvalue weighted by Crippen LogP contribution is -2.28. The minimum Gasteiger partial charge on any atom is -0.340 e. The largest absolute Gasteiger partial charge is 0.340 e. The molecule has 1 aromatic heterocycles. The molecular weight excluding hydrogens is 306 g/mol. The fraction of sp³-hybridized carbons (Fsp3) is 0.600. The van der Waals surface area contributed by atoms with Gasteiger partial charge in [-0.1, -0.05) is 15.9 Å². The Labute approximate surface area is 109 Å². The lowest BCUT2D eigenvalue weighted by molar-refractivity contribution is 0.597. The molecule has 0 amide bonds. The summed E-state index contributed by atoms with van der Waals surface area (Å²) in [6, 6.07) is 0. The maximum Gasteiger partial charge on any atom is 0.225 e. The van der Waals surface area contributed by atoms with E-state index in [2.05, 4.69) is 25.9 Å². The lowest BCUT2D eigenvalue weighted by Gasteiger charge is -2.19. The topological polar surface area (TPSA) is 63.2 Å². The number of aromatic nitrogens is 2. The molecule has 0 aromatic carbocycles. The third-order valence-electron chi connectivity index (χ3n) is 2.68. The molecule has 94 valence electrons. The average Bonchev–Trinajstić information content (AvgIpc) is 2.50. The molecule has 1 aliphatic heterocycles. The maximum atomic E-state index is 11.5. The van der Waals surface area contributed by atoms with Gasteiger partial charge in [0.1, 0.15) is 0 Å². The van der Waals surface area contributed by atoms with E-state index in [0.29, 0.717) is 25.5 Å². The molecular formula is C10H14BrN3O2S. The third kappa shape index (κ3) is 3.38. The molecule has 0 saturated carbocycles. The van der Waals surface area contributed by atoms with Crippen LogP contribution in [0.3, 0.4) is 0 Å². The van der Waals surface area contributed by atoms with E-state index in [1.54, 1.807) is 12.4 Å². The minimum atomic E-state index is -2.88. The van der Waals surface area contributed by atoms with Crippen LogP contribution < -0.4 is 4.90 Å². The zero-order valence-electron chi connectivity index (χ0n) is 9.34. The van der Waals surface area contributed by atoms with Gasteiger partial charge in [0, 0.05) is 30.8 Å². The molecule has 17 heavy (non-hydrogen) atoms. The predicted octanol–water partition coefficient (Wildman–Crippen LogP) is 0.996. The van der Waals surface area contributed by atoms with Crippen molar-refractivity contribution in [2.45, 2.75) is 11.8 Å². The number of rotatable bonds is 2. The van der Waals surface area contributed by atoms with Crippen LogP contribution in [0.1, 0.15) is 12.0 Å². The van der Waals surface area contributed by atoms with Crippen LogP contribution in [0.15, 0.2) is 12.4 Å². The number of sulfone groups is 1. The Morgan fingerprint density at radius 3 is 2.59 bits per heavy atom. The summed E-state index contributed by atoms with van der Waals surface area (Å²) in [6.07, 6.45) is 4.17. The molecule has 1 aliphatic rings. The van der Waals surface area contributed by atoms with Crippen LogP contribution in [-0.4, -0.2) is 43.0 Å². The Bertz CT molecular complexity index is 475. The highest BCUT2D eigenvalue weighted by Crippen LogP contribution is 2.13. The molecule has 0 atom stereocenters. The zero-order valence-corrected chi connectivity index (χ0v) is 11.7. The van der Waals surface area contributed by atoms with E-state index >= 15 is 0 Å². The lowest BCUT2D eigenvalue weighted by atomic mass is 10.4. The minimum absolute atomic E-state index is 0.191. The summed E-state index contributed by atoms with van der Waals surface area (Å²) in [6.45, 7) is 1.18. The van der Waals surface area contributed by atoms with Crippen LogP contribution >= 0.6 is 15.9 Å². The summed E-state index contributed by atoms with van der Waals surface area (Å²) in [5, 5.41) is 0.724.